The number of likely N-dealkylation sites (tertiary alicyclic amines) is 1. The lowest BCUT2D eigenvalue weighted by atomic mass is 9.89. The van der Waals surface area contributed by atoms with E-state index in [1.807, 2.05) is 29.6 Å². The molecular weight excluding hydrogens is 232 g/mol. The first kappa shape index (κ1) is 12.6. The minimum Gasteiger partial charge on any atom is -0.338 e. The molecule has 1 aliphatic rings. The quantitative estimate of drug-likeness (QED) is 0.875. The van der Waals surface area contributed by atoms with Crippen molar-refractivity contribution in [2.24, 2.45) is 0 Å². The molecule has 1 aromatic heterocycles. The number of thiophene rings is 1. The Hall–Kier alpha value is -0.870. The fourth-order valence-electron chi connectivity index (χ4n) is 2.20. The number of hydrogen-bond donors (Lipinski definition) is 1. The SMILES string of the molecule is CNC1(C)CCN(C(=O)c2cscc2C)CC1. The Balaban J connectivity index is 2.02. The van der Waals surface area contributed by atoms with Gasteiger partial charge >= 0.3 is 0 Å². The molecule has 17 heavy (non-hydrogen) atoms. The molecule has 4 heteroatoms. The zero-order chi connectivity index (χ0) is 12.5. The van der Waals surface area contributed by atoms with E-state index in [-0.39, 0.29) is 11.4 Å². The number of aryl methyl sites for hydroxylation is 1. The van der Waals surface area contributed by atoms with Crippen LogP contribution in [0.1, 0.15) is 35.7 Å². The van der Waals surface area contributed by atoms with E-state index in [0.717, 1.165) is 37.1 Å². The molecule has 1 N–H and O–H groups in total. The Morgan fingerprint density at radius 1 is 1.41 bits per heavy atom. The van der Waals surface area contributed by atoms with E-state index in [1.165, 1.54) is 0 Å². The lowest BCUT2D eigenvalue weighted by molar-refractivity contribution is 0.0661. The molecule has 1 amide bonds. The first-order valence-corrected chi connectivity index (χ1v) is 7.01. The van der Waals surface area contributed by atoms with E-state index in [0.29, 0.717) is 0 Å². The van der Waals surface area contributed by atoms with Gasteiger partial charge in [-0.2, -0.15) is 11.3 Å². The largest absolute Gasteiger partial charge is 0.338 e. The van der Waals surface area contributed by atoms with Crippen molar-refractivity contribution in [2.45, 2.75) is 32.2 Å². The van der Waals surface area contributed by atoms with E-state index < -0.39 is 0 Å². The van der Waals surface area contributed by atoms with Crippen LogP contribution in [0.2, 0.25) is 0 Å². The minimum absolute atomic E-state index is 0.195. The average Bonchev–Trinajstić information content (AvgIpc) is 2.76. The van der Waals surface area contributed by atoms with Gasteiger partial charge in [0.05, 0.1) is 5.56 Å². The number of piperidine rings is 1. The molecular formula is C13H20N2OS. The zero-order valence-electron chi connectivity index (χ0n) is 10.7. The second-order valence-corrected chi connectivity index (χ2v) is 5.81. The van der Waals surface area contributed by atoms with E-state index in [1.54, 1.807) is 11.3 Å². The first-order chi connectivity index (χ1) is 8.06. The second kappa shape index (κ2) is 4.78. The van der Waals surface area contributed by atoms with Gasteiger partial charge in [0.1, 0.15) is 0 Å². The molecule has 1 aliphatic heterocycles. The summed E-state index contributed by atoms with van der Waals surface area (Å²) >= 11 is 1.60. The van der Waals surface area contributed by atoms with Gasteiger partial charge in [-0.3, -0.25) is 4.79 Å². The molecule has 0 bridgehead atoms. The maximum atomic E-state index is 12.3. The zero-order valence-corrected chi connectivity index (χ0v) is 11.6. The van der Waals surface area contributed by atoms with Gasteiger partial charge in [0.25, 0.3) is 5.91 Å². The molecule has 0 atom stereocenters. The molecule has 0 unspecified atom stereocenters. The highest BCUT2D eigenvalue weighted by Crippen LogP contribution is 2.24. The number of nitrogens with one attached hydrogen (secondary N) is 1. The fraction of sp³-hybridized carbons (Fsp3) is 0.615. The van der Waals surface area contributed by atoms with Crippen molar-refractivity contribution < 1.29 is 4.79 Å². The normalized spacial score (nSPS) is 19.4. The van der Waals surface area contributed by atoms with Crippen LogP contribution in [-0.2, 0) is 0 Å². The number of carbonyl (C=O) groups is 1. The third kappa shape index (κ3) is 2.53. The van der Waals surface area contributed by atoms with Gasteiger partial charge in [0, 0.05) is 24.0 Å². The smallest absolute Gasteiger partial charge is 0.254 e. The molecule has 0 aliphatic carbocycles. The lowest BCUT2D eigenvalue weighted by Gasteiger charge is -2.39. The molecule has 94 valence electrons. The van der Waals surface area contributed by atoms with Crippen LogP contribution in [-0.4, -0.2) is 36.5 Å². The highest BCUT2D eigenvalue weighted by atomic mass is 32.1. The molecule has 1 aromatic rings. The van der Waals surface area contributed by atoms with Crippen molar-refractivity contribution in [3.8, 4) is 0 Å². The summed E-state index contributed by atoms with van der Waals surface area (Å²) < 4.78 is 0. The lowest BCUT2D eigenvalue weighted by Crippen LogP contribution is -2.51. The van der Waals surface area contributed by atoms with Crippen LogP contribution in [0.25, 0.3) is 0 Å². The van der Waals surface area contributed by atoms with Crippen molar-refractivity contribution >= 4 is 17.2 Å². The molecule has 2 rings (SSSR count). The van der Waals surface area contributed by atoms with Crippen LogP contribution in [0.15, 0.2) is 10.8 Å². The summed E-state index contributed by atoms with van der Waals surface area (Å²) in [6, 6.07) is 0. The van der Waals surface area contributed by atoms with Gasteiger partial charge in [-0.05, 0) is 44.7 Å². The molecule has 0 spiro atoms. The van der Waals surface area contributed by atoms with Crippen molar-refractivity contribution in [3.63, 3.8) is 0 Å². The summed E-state index contributed by atoms with van der Waals surface area (Å²) in [6.07, 6.45) is 2.05. The molecule has 0 saturated carbocycles. The monoisotopic (exact) mass is 252 g/mol. The molecule has 2 heterocycles. The third-order valence-corrected chi connectivity index (χ3v) is 4.71. The van der Waals surface area contributed by atoms with Crippen LogP contribution in [0, 0.1) is 6.92 Å². The minimum atomic E-state index is 0.195. The van der Waals surface area contributed by atoms with Crippen LogP contribution in [0.3, 0.4) is 0 Å². The molecule has 3 nitrogen and oxygen atoms in total. The summed E-state index contributed by atoms with van der Waals surface area (Å²) in [5, 5.41) is 7.35. The summed E-state index contributed by atoms with van der Waals surface area (Å²) in [5.74, 6) is 0.196. The van der Waals surface area contributed by atoms with Crippen molar-refractivity contribution in [1.29, 1.82) is 0 Å². The first-order valence-electron chi connectivity index (χ1n) is 6.07. The van der Waals surface area contributed by atoms with Crippen LogP contribution in [0.5, 0.6) is 0 Å². The maximum Gasteiger partial charge on any atom is 0.254 e. The number of rotatable bonds is 2. The second-order valence-electron chi connectivity index (χ2n) is 5.07. The summed E-state index contributed by atoms with van der Waals surface area (Å²) in [5.41, 5.74) is 2.17. The number of hydrogen-bond acceptors (Lipinski definition) is 3. The Kier molecular flexibility index (Phi) is 3.54. The number of amides is 1. The van der Waals surface area contributed by atoms with Crippen molar-refractivity contribution in [1.82, 2.24) is 10.2 Å². The van der Waals surface area contributed by atoms with E-state index in [4.69, 9.17) is 0 Å². The van der Waals surface area contributed by atoms with Gasteiger partial charge in [0.2, 0.25) is 0 Å². The maximum absolute atomic E-state index is 12.3. The molecule has 0 radical (unpaired) electrons. The molecule has 1 fully saturated rings. The highest BCUT2D eigenvalue weighted by molar-refractivity contribution is 7.08. The van der Waals surface area contributed by atoms with E-state index >= 15 is 0 Å². The van der Waals surface area contributed by atoms with Crippen LogP contribution >= 0.6 is 11.3 Å². The third-order valence-electron chi connectivity index (χ3n) is 3.84. The van der Waals surface area contributed by atoms with Gasteiger partial charge < -0.3 is 10.2 Å². The Labute approximate surface area is 107 Å². The van der Waals surface area contributed by atoms with E-state index in [9.17, 15) is 4.79 Å². The average molecular weight is 252 g/mol. The van der Waals surface area contributed by atoms with Crippen molar-refractivity contribution in [3.05, 3.63) is 21.9 Å². The molecule has 1 saturated heterocycles. The van der Waals surface area contributed by atoms with Gasteiger partial charge in [-0.1, -0.05) is 0 Å². The standard InChI is InChI=1S/C13H20N2OS/c1-10-8-17-9-11(10)12(16)15-6-4-13(2,14-3)5-7-15/h8-9,14H,4-7H2,1-3H3. The Morgan fingerprint density at radius 2 is 2.06 bits per heavy atom. The Morgan fingerprint density at radius 3 is 2.53 bits per heavy atom. The molecule has 0 aromatic carbocycles. The van der Waals surface area contributed by atoms with Gasteiger partial charge in [0.15, 0.2) is 0 Å². The van der Waals surface area contributed by atoms with E-state index in [2.05, 4.69) is 12.2 Å². The predicted molar refractivity (Wildman–Crippen MR) is 71.7 cm³/mol. The summed E-state index contributed by atoms with van der Waals surface area (Å²) in [6.45, 7) is 5.94. The van der Waals surface area contributed by atoms with Crippen LogP contribution < -0.4 is 5.32 Å². The Bertz CT molecular complexity index is 405. The summed E-state index contributed by atoms with van der Waals surface area (Å²) in [7, 11) is 2.00. The highest BCUT2D eigenvalue weighted by Gasteiger charge is 2.31. The fourth-order valence-corrected chi connectivity index (χ4v) is 3.03. The number of nitrogens with zero attached hydrogens (tertiary/aromatic N) is 1. The van der Waals surface area contributed by atoms with Gasteiger partial charge in [-0.25, -0.2) is 0 Å². The summed E-state index contributed by atoms with van der Waals surface area (Å²) in [4.78, 5) is 14.3. The number of carbonyl (C=O) groups excluding carboxylic acids is 1. The topological polar surface area (TPSA) is 32.3 Å². The predicted octanol–water partition coefficient (Wildman–Crippen LogP) is 2.27. The van der Waals surface area contributed by atoms with Crippen molar-refractivity contribution in [2.75, 3.05) is 20.1 Å². The van der Waals surface area contributed by atoms with Crippen LogP contribution in [0.4, 0.5) is 0 Å². The van der Waals surface area contributed by atoms with Gasteiger partial charge in [-0.15, -0.1) is 0 Å².